The standard InChI is InChI=1S/C32H29N7O4/c1-3-32(24-13-19(2)27-23(14-24)18-34-37-27)16-21(25-15-20-7-4-5-9-26(20)35-29(25)40)10-12-39(32)31(41)42-30-36-28(38-43-30)22-8-6-11-33-17-22/h4-9,11,13-15,17-18,21H,3,10,12,16H2,1-2H3,(H,34,37)(H,35,40)/t21?,32-/m1/s1. The first-order valence-electron chi connectivity index (χ1n) is 14.2. The van der Waals surface area contributed by atoms with Gasteiger partial charge in [0.05, 0.1) is 17.3 Å². The Morgan fingerprint density at radius 3 is 2.86 bits per heavy atom. The number of aryl methyl sites for hydroxylation is 1. The van der Waals surface area contributed by atoms with Crippen LogP contribution < -0.4 is 10.3 Å². The topological polar surface area (TPSA) is 143 Å². The average molecular weight is 576 g/mol. The number of aromatic nitrogens is 6. The first kappa shape index (κ1) is 26.6. The number of para-hydroxylation sites is 1. The number of H-pyrrole nitrogens is 2. The molecule has 4 aromatic heterocycles. The van der Waals surface area contributed by atoms with Crippen molar-refractivity contribution in [3.63, 3.8) is 0 Å². The van der Waals surface area contributed by atoms with Gasteiger partial charge in [-0.25, -0.2) is 4.79 Å². The van der Waals surface area contributed by atoms with E-state index in [1.165, 1.54) is 0 Å². The number of likely N-dealkylation sites (tertiary alicyclic amines) is 1. The molecule has 216 valence electrons. The molecule has 11 heteroatoms. The fourth-order valence-corrected chi connectivity index (χ4v) is 6.43. The minimum Gasteiger partial charge on any atom is -0.358 e. The number of carbonyl (C=O) groups excluding carboxylic acids is 1. The van der Waals surface area contributed by atoms with Gasteiger partial charge in [-0.15, -0.1) is 0 Å². The molecular weight excluding hydrogens is 546 g/mol. The lowest BCUT2D eigenvalue weighted by Crippen LogP contribution is -2.55. The van der Waals surface area contributed by atoms with Gasteiger partial charge < -0.3 is 9.72 Å². The van der Waals surface area contributed by atoms with E-state index in [9.17, 15) is 9.59 Å². The van der Waals surface area contributed by atoms with E-state index in [0.29, 0.717) is 36.9 Å². The smallest absolute Gasteiger partial charge is 0.358 e. The second-order valence-corrected chi connectivity index (χ2v) is 11.0. The van der Waals surface area contributed by atoms with Crippen LogP contribution in [0.15, 0.2) is 82.5 Å². The number of piperidine rings is 1. The third kappa shape index (κ3) is 4.62. The normalized spacial score (nSPS) is 18.7. The Labute approximate surface area is 245 Å². The van der Waals surface area contributed by atoms with Crippen LogP contribution in [0.4, 0.5) is 4.79 Å². The highest BCUT2D eigenvalue weighted by Crippen LogP contribution is 2.47. The number of fused-ring (bicyclic) bond motifs is 2. The van der Waals surface area contributed by atoms with Crippen LogP contribution in [-0.2, 0) is 5.54 Å². The van der Waals surface area contributed by atoms with Crippen molar-refractivity contribution in [1.29, 1.82) is 0 Å². The van der Waals surface area contributed by atoms with Gasteiger partial charge in [0.2, 0.25) is 5.82 Å². The molecule has 0 radical (unpaired) electrons. The molecule has 11 nitrogen and oxygen atoms in total. The van der Waals surface area contributed by atoms with Crippen LogP contribution in [0.1, 0.15) is 48.8 Å². The summed E-state index contributed by atoms with van der Waals surface area (Å²) in [6.07, 6.45) is 5.87. The Balaban J connectivity index is 1.28. The number of nitrogens with zero attached hydrogens (tertiary/aromatic N) is 5. The van der Waals surface area contributed by atoms with E-state index in [1.54, 1.807) is 35.6 Å². The van der Waals surface area contributed by atoms with Crippen LogP contribution in [0.25, 0.3) is 33.2 Å². The molecule has 5 heterocycles. The first-order chi connectivity index (χ1) is 20.9. The highest BCUT2D eigenvalue weighted by molar-refractivity contribution is 5.83. The van der Waals surface area contributed by atoms with Gasteiger partial charge in [-0.1, -0.05) is 36.3 Å². The lowest BCUT2D eigenvalue weighted by molar-refractivity contribution is 0.0318. The number of ether oxygens (including phenoxy) is 1. The van der Waals surface area contributed by atoms with Crippen molar-refractivity contribution in [3.8, 4) is 17.5 Å². The van der Waals surface area contributed by atoms with Gasteiger partial charge in [-0.3, -0.25) is 24.3 Å². The number of hydrogen-bond acceptors (Lipinski definition) is 8. The highest BCUT2D eigenvalue weighted by Gasteiger charge is 2.47. The van der Waals surface area contributed by atoms with Gasteiger partial charge in [0.1, 0.15) is 0 Å². The predicted molar refractivity (Wildman–Crippen MR) is 160 cm³/mol. The van der Waals surface area contributed by atoms with Crippen LogP contribution in [0.2, 0.25) is 0 Å². The maximum Gasteiger partial charge on any atom is 0.426 e. The summed E-state index contributed by atoms with van der Waals surface area (Å²) < 4.78 is 11.0. The molecular formula is C32H29N7O4. The van der Waals surface area contributed by atoms with Gasteiger partial charge in [0.25, 0.3) is 5.56 Å². The van der Waals surface area contributed by atoms with Crippen molar-refractivity contribution < 1.29 is 14.1 Å². The highest BCUT2D eigenvalue weighted by atomic mass is 16.7. The number of hydrogen-bond donors (Lipinski definition) is 2. The molecule has 0 spiro atoms. The number of carbonyl (C=O) groups is 1. The quantitative estimate of drug-likeness (QED) is 0.261. The summed E-state index contributed by atoms with van der Waals surface area (Å²) in [6, 6.07) is 17.4. The Hall–Kier alpha value is -5.32. The van der Waals surface area contributed by atoms with Crippen LogP contribution in [0, 0.1) is 6.92 Å². The molecule has 1 aliphatic rings. The van der Waals surface area contributed by atoms with E-state index in [2.05, 4.69) is 49.4 Å². The number of benzene rings is 2. The summed E-state index contributed by atoms with van der Waals surface area (Å²) in [7, 11) is 0. The number of rotatable bonds is 5. The summed E-state index contributed by atoms with van der Waals surface area (Å²) >= 11 is 0. The van der Waals surface area contributed by atoms with E-state index in [4.69, 9.17) is 9.26 Å². The number of pyridine rings is 2. The van der Waals surface area contributed by atoms with E-state index in [1.807, 2.05) is 37.3 Å². The molecule has 2 N–H and O–H groups in total. The Morgan fingerprint density at radius 1 is 1.14 bits per heavy atom. The van der Waals surface area contributed by atoms with Crippen LogP contribution >= 0.6 is 0 Å². The Bertz CT molecular complexity index is 2020. The van der Waals surface area contributed by atoms with Crippen molar-refractivity contribution in [2.45, 2.75) is 44.6 Å². The molecule has 43 heavy (non-hydrogen) atoms. The van der Waals surface area contributed by atoms with Crippen molar-refractivity contribution in [3.05, 3.63) is 100 Å². The number of nitrogens with one attached hydrogen (secondary N) is 2. The molecule has 1 unspecified atom stereocenters. The van der Waals surface area contributed by atoms with Crippen molar-refractivity contribution >= 4 is 27.9 Å². The molecule has 1 saturated heterocycles. The van der Waals surface area contributed by atoms with Gasteiger partial charge >= 0.3 is 12.2 Å². The maximum atomic E-state index is 13.9. The molecule has 1 fully saturated rings. The fourth-order valence-electron chi connectivity index (χ4n) is 6.43. The lowest BCUT2D eigenvalue weighted by atomic mass is 9.71. The molecule has 2 atom stereocenters. The summed E-state index contributed by atoms with van der Waals surface area (Å²) in [5.74, 6) is 0.172. The predicted octanol–water partition coefficient (Wildman–Crippen LogP) is 5.84. The van der Waals surface area contributed by atoms with Crippen LogP contribution in [0.5, 0.6) is 6.08 Å². The fraction of sp³-hybridized carbons (Fsp3) is 0.250. The average Bonchev–Trinajstić information content (AvgIpc) is 3.71. The van der Waals surface area contributed by atoms with Gasteiger partial charge in [0, 0.05) is 41.0 Å². The minimum atomic E-state index is -0.791. The van der Waals surface area contributed by atoms with Crippen molar-refractivity contribution in [2.24, 2.45) is 0 Å². The van der Waals surface area contributed by atoms with Gasteiger partial charge in [-0.05, 0) is 78.9 Å². The molecule has 1 amide bonds. The number of amides is 1. The van der Waals surface area contributed by atoms with E-state index in [-0.39, 0.29) is 23.4 Å². The number of aromatic amines is 2. The zero-order valence-corrected chi connectivity index (χ0v) is 23.7. The SMILES string of the molecule is CC[C@]1(c2cc(C)c3[nH]ncc3c2)CC(c2cc3ccccc3[nH]c2=O)CCN1C(=O)Oc1nc(-c2cccnc2)no1. The third-order valence-electron chi connectivity index (χ3n) is 8.61. The zero-order chi connectivity index (χ0) is 29.6. The van der Waals surface area contributed by atoms with Crippen LogP contribution in [-0.4, -0.2) is 47.8 Å². The summed E-state index contributed by atoms with van der Waals surface area (Å²) in [6.45, 7) is 4.42. The van der Waals surface area contributed by atoms with Crippen molar-refractivity contribution in [1.82, 2.24) is 35.2 Å². The Kier molecular flexibility index (Phi) is 6.49. The van der Waals surface area contributed by atoms with Gasteiger partial charge in [-0.2, -0.15) is 10.1 Å². The molecule has 0 aliphatic carbocycles. The van der Waals surface area contributed by atoms with Crippen LogP contribution in [0.3, 0.4) is 0 Å². The third-order valence-corrected chi connectivity index (χ3v) is 8.61. The summed E-state index contributed by atoms with van der Waals surface area (Å²) in [4.78, 5) is 40.4. The molecule has 0 saturated carbocycles. The van der Waals surface area contributed by atoms with Crippen molar-refractivity contribution in [2.75, 3.05) is 6.54 Å². The largest absolute Gasteiger partial charge is 0.426 e. The Morgan fingerprint density at radius 2 is 2.02 bits per heavy atom. The summed E-state index contributed by atoms with van der Waals surface area (Å²) in [5, 5.41) is 13.2. The first-order valence-corrected chi connectivity index (χ1v) is 14.2. The second kappa shape index (κ2) is 10.5. The zero-order valence-electron chi connectivity index (χ0n) is 23.7. The second-order valence-electron chi connectivity index (χ2n) is 11.0. The molecule has 7 rings (SSSR count). The monoisotopic (exact) mass is 575 g/mol. The molecule has 1 aliphatic heterocycles. The molecule has 0 bridgehead atoms. The molecule has 6 aromatic rings. The van der Waals surface area contributed by atoms with E-state index >= 15 is 0 Å². The van der Waals surface area contributed by atoms with Gasteiger partial charge in [0.15, 0.2) is 0 Å². The maximum absolute atomic E-state index is 13.9. The van der Waals surface area contributed by atoms with E-state index < -0.39 is 11.6 Å². The van der Waals surface area contributed by atoms with E-state index in [0.717, 1.165) is 32.9 Å². The molecule has 2 aromatic carbocycles. The minimum absolute atomic E-state index is 0.0988. The lowest BCUT2D eigenvalue weighted by Gasteiger charge is -2.49. The summed E-state index contributed by atoms with van der Waals surface area (Å²) in [5.41, 5.74) is 4.14.